The number of fused-ring (bicyclic) bond motifs is 1. The molecule has 0 bridgehead atoms. The van der Waals surface area contributed by atoms with Crippen LogP contribution in [0.2, 0.25) is 0 Å². The van der Waals surface area contributed by atoms with Crippen LogP contribution in [0.3, 0.4) is 0 Å². The smallest absolute Gasteiger partial charge is 0.271 e. The number of unbranched alkanes of at least 4 members (excludes halogenated alkanes) is 11. The third-order valence-corrected chi connectivity index (χ3v) is 5.40. The molecule has 1 N–H and O–H groups in total. The molecule has 0 aliphatic rings. The van der Waals surface area contributed by atoms with Crippen molar-refractivity contribution in [3.05, 3.63) is 46.3 Å². The fourth-order valence-electron chi connectivity index (χ4n) is 3.65. The number of rotatable bonds is 16. The number of imidazole rings is 1. The highest BCUT2D eigenvalue weighted by Crippen LogP contribution is 2.19. The fraction of sp³-hybridized carbons (Fsp3) is 0.625. The molecule has 0 saturated carbocycles. The second-order valence-corrected chi connectivity index (χ2v) is 7.98. The van der Waals surface area contributed by atoms with Gasteiger partial charge in [0.2, 0.25) is 0 Å². The molecule has 1 aromatic heterocycles. The lowest BCUT2D eigenvalue weighted by atomic mass is 10.1. The van der Waals surface area contributed by atoms with Crippen molar-refractivity contribution in [2.24, 2.45) is 0 Å². The Morgan fingerprint density at radius 3 is 2.21 bits per heavy atom. The Balaban J connectivity index is 1.47. The largest absolute Gasteiger partial charge is 0.342 e. The van der Waals surface area contributed by atoms with Gasteiger partial charge in [0.05, 0.1) is 16.0 Å². The topological polar surface area (TPSA) is 71.8 Å². The maximum atomic E-state index is 10.8. The molecule has 0 aliphatic heterocycles. The van der Waals surface area contributed by atoms with E-state index in [1.165, 1.54) is 83.1 Å². The predicted molar refractivity (Wildman–Crippen MR) is 121 cm³/mol. The zero-order valence-corrected chi connectivity index (χ0v) is 18.0. The monoisotopic (exact) mass is 399 g/mol. The van der Waals surface area contributed by atoms with Crippen molar-refractivity contribution < 1.29 is 4.92 Å². The van der Waals surface area contributed by atoms with Gasteiger partial charge in [0.1, 0.15) is 5.82 Å². The van der Waals surface area contributed by atoms with Gasteiger partial charge in [-0.15, -0.1) is 0 Å². The standard InChI is InChI=1S/C24H37N3O2/c1-2-3-4-5-6-7-8-9-10-11-12-13-14-15-16-17-24-25-22-19-18-21(27(28)29)20-23(22)26-24/h9-10,18-20H,2-8,11-17H2,1H3,(H,25,26)/b10-9-. The minimum atomic E-state index is -0.371. The summed E-state index contributed by atoms with van der Waals surface area (Å²) >= 11 is 0. The summed E-state index contributed by atoms with van der Waals surface area (Å²) in [4.78, 5) is 18.2. The zero-order valence-electron chi connectivity index (χ0n) is 18.0. The summed E-state index contributed by atoms with van der Waals surface area (Å²) in [5.41, 5.74) is 1.66. The van der Waals surface area contributed by atoms with Crippen LogP contribution < -0.4 is 0 Å². The van der Waals surface area contributed by atoms with Gasteiger partial charge in [-0.25, -0.2) is 4.98 Å². The number of benzene rings is 1. The van der Waals surface area contributed by atoms with Crippen molar-refractivity contribution in [2.45, 2.75) is 96.8 Å². The van der Waals surface area contributed by atoms with Gasteiger partial charge in [0.25, 0.3) is 5.69 Å². The van der Waals surface area contributed by atoms with E-state index in [1.54, 1.807) is 12.1 Å². The molecule has 0 amide bonds. The first-order valence-corrected chi connectivity index (χ1v) is 11.5. The Hall–Kier alpha value is -2.17. The summed E-state index contributed by atoms with van der Waals surface area (Å²) in [6.45, 7) is 2.26. The number of nitro groups is 1. The molecule has 2 rings (SSSR count). The van der Waals surface area contributed by atoms with Gasteiger partial charge in [-0.2, -0.15) is 0 Å². The van der Waals surface area contributed by atoms with Crippen molar-refractivity contribution in [3.63, 3.8) is 0 Å². The lowest BCUT2D eigenvalue weighted by Gasteiger charge is -2.00. The minimum Gasteiger partial charge on any atom is -0.342 e. The molecule has 0 atom stereocenters. The quantitative estimate of drug-likeness (QED) is 0.136. The van der Waals surface area contributed by atoms with E-state index in [1.807, 2.05) is 0 Å². The molecule has 0 spiro atoms. The summed E-state index contributed by atoms with van der Waals surface area (Å²) in [6.07, 6.45) is 22.5. The molecule has 0 radical (unpaired) electrons. The van der Waals surface area contributed by atoms with Crippen LogP contribution in [0.15, 0.2) is 30.4 Å². The highest BCUT2D eigenvalue weighted by Gasteiger charge is 2.09. The third-order valence-electron chi connectivity index (χ3n) is 5.40. The van der Waals surface area contributed by atoms with Gasteiger partial charge in [-0.05, 0) is 38.2 Å². The van der Waals surface area contributed by atoms with E-state index in [0.717, 1.165) is 29.7 Å². The Labute approximate surface area is 175 Å². The molecule has 2 aromatic rings. The van der Waals surface area contributed by atoms with Crippen LogP contribution in [0.25, 0.3) is 11.0 Å². The van der Waals surface area contributed by atoms with E-state index in [4.69, 9.17) is 0 Å². The van der Waals surface area contributed by atoms with Crippen LogP contribution >= 0.6 is 0 Å². The minimum absolute atomic E-state index is 0.105. The van der Waals surface area contributed by atoms with Gasteiger partial charge in [0.15, 0.2) is 0 Å². The Kier molecular flexibility index (Phi) is 11.1. The van der Waals surface area contributed by atoms with Crippen LogP contribution in [-0.4, -0.2) is 14.9 Å². The molecule has 1 aromatic carbocycles. The number of nitro benzene ring substituents is 1. The van der Waals surface area contributed by atoms with E-state index >= 15 is 0 Å². The van der Waals surface area contributed by atoms with Crippen molar-refractivity contribution in [2.75, 3.05) is 0 Å². The number of hydrogen-bond donors (Lipinski definition) is 1. The number of aromatic amines is 1. The van der Waals surface area contributed by atoms with Crippen LogP contribution in [0.5, 0.6) is 0 Å². The highest BCUT2D eigenvalue weighted by molar-refractivity contribution is 5.77. The number of hydrogen-bond acceptors (Lipinski definition) is 3. The summed E-state index contributed by atoms with van der Waals surface area (Å²) < 4.78 is 0. The Morgan fingerprint density at radius 2 is 1.55 bits per heavy atom. The van der Waals surface area contributed by atoms with E-state index in [2.05, 4.69) is 29.0 Å². The highest BCUT2D eigenvalue weighted by atomic mass is 16.6. The lowest BCUT2D eigenvalue weighted by Crippen LogP contribution is -1.88. The van der Waals surface area contributed by atoms with Crippen LogP contribution in [0.4, 0.5) is 5.69 Å². The molecule has 29 heavy (non-hydrogen) atoms. The zero-order chi connectivity index (χ0) is 20.7. The van der Waals surface area contributed by atoms with Crippen molar-refractivity contribution in [3.8, 4) is 0 Å². The van der Waals surface area contributed by atoms with Gasteiger partial charge in [-0.1, -0.05) is 70.4 Å². The first-order valence-electron chi connectivity index (χ1n) is 11.5. The molecular formula is C24H37N3O2. The maximum absolute atomic E-state index is 10.8. The molecular weight excluding hydrogens is 362 g/mol. The second-order valence-electron chi connectivity index (χ2n) is 7.98. The molecule has 0 aliphatic carbocycles. The lowest BCUT2D eigenvalue weighted by molar-refractivity contribution is -0.384. The van der Waals surface area contributed by atoms with Crippen molar-refractivity contribution >= 4 is 16.7 Å². The number of allylic oxidation sites excluding steroid dienone is 2. The first kappa shape index (κ1) is 23.1. The van der Waals surface area contributed by atoms with E-state index < -0.39 is 0 Å². The van der Waals surface area contributed by atoms with Gasteiger partial charge in [-0.3, -0.25) is 10.1 Å². The summed E-state index contributed by atoms with van der Waals surface area (Å²) in [5, 5.41) is 10.8. The van der Waals surface area contributed by atoms with E-state index in [9.17, 15) is 10.1 Å². The Bertz CT molecular complexity index is 752. The van der Waals surface area contributed by atoms with Gasteiger partial charge < -0.3 is 4.98 Å². The molecule has 0 unspecified atom stereocenters. The van der Waals surface area contributed by atoms with Crippen LogP contribution in [0, 0.1) is 10.1 Å². The molecule has 5 heteroatoms. The van der Waals surface area contributed by atoms with Crippen molar-refractivity contribution in [1.82, 2.24) is 9.97 Å². The number of nitrogens with zero attached hydrogens (tertiary/aromatic N) is 2. The number of aromatic nitrogens is 2. The average Bonchev–Trinajstić information content (AvgIpc) is 3.12. The first-order chi connectivity index (χ1) is 14.2. The van der Waals surface area contributed by atoms with Crippen LogP contribution in [0.1, 0.15) is 96.2 Å². The fourth-order valence-corrected chi connectivity index (χ4v) is 3.65. The SMILES string of the molecule is CCCCCCCC/C=C\CCCCCCCc1nc2ccc([N+](=O)[O-])cc2[nH]1. The molecule has 5 nitrogen and oxygen atoms in total. The summed E-state index contributed by atoms with van der Waals surface area (Å²) in [5.74, 6) is 0.929. The van der Waals surface area contributed by atoms with Gasteiger partial charge in [0, 0.05) is 18.6 Å². The molecule has 0 saturated heterocycles. The number of H-pyrrole nitrogens is 1. The van der Waals surface area contributed by atoms with Gasteiger partial charge >= 0.3 is 0 Å². The number of aryl methyl sites for hydroxylation is 1. The van der Waals surface area contributed by atoms with E-state index in [0.29, 0.717) is 0 Å². The predicted octanol–water partition coefficient (Wildman–Crippen LogP) is 7.66. The van der Waals surface area contributed by atoms with Crippen molar-refractivity contribution in [1.29, 1.82) is 0 Å². The summed E-state index contributed by atoms with van der Waals surface area (Å²) in [6, 6.07) is 4.79. The third kappa shape index (κ3) is 9.25. The van der Waals surface area contributed by atoms with E-state index in [-0.39, 0.29) is 10.6 Å². The Morgan fingerprint density at radius 1 is 0.931 bits per heavy atom. The number of nitrogens with one attached hydrogen (secondary N) is 1. The molecule has 160 valence electrons. The average molecular weight is 400 g/mol. The van der Waals surface area contributed by atoms with Crippen LogP contribution in [-0.2, 0) is 6.42 Å². The molecule has 0 fully saturated rings. The maximum Gasteiger partial charge on any atom is 0.271 e. The normalized spacial score (nSPS) is 11.6. The second kappa shape index (κ2) is 13.9. The summed E-state index contributed by atoms with van der Waals surface area (Å²) in [7, 11) is 0. The number of non-ortho nitro benzene ring substituents is 1. The molecule has 1 heterocycles.